The molecule has 2 rings (SSSR count). The molecule has 0 spiro atoms. The molecule has 0 atom stereocenters. The van der Waals surface area contributed by atoms with Crippen LogP contribution in [0.2, 0.25) is 0 Å². The summed E-state index contributed by atoms with van der Waals surface area (Å²) < 4.78 is 37.3. The van der Waals surface area contributed by atoms with E-state index < -0.39 is 10.0 Å². The lowest BCUT2D eigenvalue weighted by molar-refractivity contribution is 0.340. The summed E-state index contributed by atoms with van der Waals surface area (Å²) in [6.45, 7) is 5.97. The van der Waals surface area contributed by atoms with E-state index >= 15 is 0 Å². The highest BCUT2D eigenvalue weighted by atomic mass is 32.2. The number of sulfonamides is 1. The summed E-state index contributed by atoms with van der Waals surface area (Å²) in [5.41, 5.74) is 1.28. The van der Waals surface area contributed by atoms with Gasteiger partial charge in [-0.1, -0.05) is 0 Å². The zero-order chi connectivity index (χ0) is 14.8. The molecule has 0 aliphatic rings. The molecular weight excluding hydrogens is 278 g/mol. The monoisotopic (exact) mass is 295 g/mol. The van der Waals surface area contributed by atoms with Gasteiger partial charge in [0.05, 0.1) is 12.3 Å². The van der Waals surface area contributed by atoms with E-state index in [9.17, 15) is 8.42 Å². The molecule has 6 heteroatoms. The van der Waals surface area contributed by atoms with Crippen LogP contribution < -0.4 is 9.46 Å². The quantitative estimate of drug-likeness (QED) is 0.920. The topological polar surface area (TPSA) is 68.5 Å². The SMILES string of the molecule is CCOc1ccc(NS(=O)(=O)c2ccc(C)o2)c(C)c1. The van der Waals surface area contributed by atoms with Crippen LogP contribution in [-0.4, -0.2) is 15.0 Å². The van der Waals surface area contributed by atoms with Crippen molar-refractivity contribution in [1.29, 1.82) is 0 Å². The molecule has 5 nitrogen and oxygen atoms in total. The molecule has 20 heavy (non-hydrogen) atoms. The lowest BCUT2D eigenvalue weighted by Gasteiger charge is -2.10. The average Bonchev–Trinajstić information content (AvgIpc) is 2.81. The van der Waals surface area contributed by atoms with Gasteiger partial charge in [0.1, 0.15) is 11.5 Å². The predicted octanol–water partition coefficient (Wildman–Crippen LogP) is 3.10. The first kappa shape index (κ1) is 14.5. The Hall–Kier alpha value is -1.95. The fourth-order valence-corrected chi connectivity index (χ4v) is 2.87. The first-order valence-corrected chi connectivity index (χ1v) is 7.73. The molecular formula is C14H17NO4S. The molecule has 0 bridgehead atoms. The van der Waals surface area contributed by atoms with Crippen LogP contribution in [0.3, 0.4) is 0 Å². The maximum Gasteiger partial charge on any atom is 0.295 e. The minimum atomic E-state index is -3.70. The van der Waals surface area contributed by atoms with Gasteiger partial charge in [-0.2, -0.15) is 8.42 Å². The molecule has 0 aliphatic heterocycles. The molecule has 1 aromatic carbocycles. The van der Waals surface area contributed by atoms with Gasteiger partial charge < -0.3 is 9.15 Å². The number of aryl methyl sites for hydroxylation is 2. The number of hydrogen-bond acceptors (Lipinski definition) is 4. The van der Waals surface area contributed by atoms with Crippen molar-refractivity contribution in [2.75, 3.05) is 11.3 Å². The van der Waals surface area contributed by atoms with Crippen molar-refractivity contribution in [1.82, 2.24) is 0 Å². The molecule has 0 amide bonds. The second kappa shape index (κ2) is 5.58. The Labute approximate surface area is 118 Å². The number of furan rings is 1. The maximum absolute atomic E-state index is 12.1. The van der Waals surface area contributed by atoms with Crippen molar-refractivity contribution < 1.29 is 17.6 Å². The zero-order valence-corrected chi connectivity index (χ0v) is 12.5. The number of hydrogen-bond donors (Lipinski definition) is 1. The molecule has 0 aliphatic carbocycles. The molecule has 108 valence electrons. The lowest BCUT2D eigenvalue weighted by Crippen LogP contribution is -2.13. The van der Waals surface area contributed by atoms with Gasteiger partial charge in [0.25, 0.3) is 10.0 Å². The first-order chi connectivity index (χ1) is 9.42. The molecule has 1 heterocycles. The third-order valence-electron chi connectivity index (χ3n) is 2.73. The second-order valence-corrected chi connectivity index (χ2v) is 5.99. The van der Waals surface area contributed by atoms with Crippen molar-refractivity contribution in [2.45, 2.75) is 25.9 Å². The van der Waals surface area contributed by atoms with E-state index in [1.54, 1.807) is 31.2 Å². The van der Waals surface area contributed by atoms with Crippen LogP contribution in [0.25, 0.3) is 0 Å². The molecule has 1 aromatic heterocycles. The third-order valence-corrected chi connectivity index (χ3v) is 3.97. The number of rotatable bonds is 5. The van der Waals surface area contributed by atoms with Crippen LogP contribution in [0.15, 0.2) is 39.8 Å². The smallest absolute Gasteiger partial charge is 0.295 e. The maximum atomic E-state index is 12.1. The molecule has 0 unspecified atom stereocenters. The van der Waals surface area contributed by atoms with Crippen LogP contribution >= 0.6 is 0 Å². The van der Waals surface area contributed by atoms with Crippen molar-refractivity contribution in [3.8, 4) is 5.75 Å². The van der Waals surface area contributed by atoms with Crippen molar-refractivity contribution in [2.24, 2.45) is 0 Å². The minimum absolute atomic E-state index is 0.0942. The Kier molecular flexibility index (Phi) is 4.04. The minimum Gasteiger partial charge on any atom is -0.494 e. The summed E-state index contributed by atoms with van der Waals surface area (Å²) in [5, 5.41) is -0.0942. The van der Waals surface area contributed by atoms with E-state index in [2.05, 4.69) is 4.72 Å². The number of ether oxygens (including phenoxy) is 1. The number of anilines is 1. The van der Waals surface area contributed by atoms with Crippen LogP contribution in [0, 0.1) is 13.8 Å². The molecule has 0 fully saturated rings. The Bertz CT molecular complexity index is 704. The Morgan fingerprint density at radius 1 is 1.20 bits per heavy atom. The third kappa shape index (κ3) is 3.14. The van der Waals surface area contributed by atoms with Crippen molar-refractivity contribution >= 4 is 15.7 Å². The highest BCUT2D eigenvalue weighted by Gasteiger charge is 2.19. The standard InChI is InChI=1S/C14H17NO4S/c1-4-18-12-6-7-13(10(2)9-12)15-20(16,17)14-8-5-11(3)19-14/h5-9,15H,4H2,1-3H3. The Balaban J connectivity index is 2.25. The molecule has 1 N–H and O–H groups in total. The number of nitrogens with one attached hydrogen (secondary N) is 1. The predicted molar refractivity (Wildman–Crippen MR) is 76.6 cm³/mol. The van der Waals surface area contributed by atoms with Gasteiger partial charge in [0.15, 0.2) is 0 Å². The summed E-state index contributed by atoms with van der Waals surface area (Å²) in [6, 6.07) is 8.23. The fraction of sp³-hybridized carbons (Fsp3) is 0.286. The van der Waals surface area contributed by atoms with E-state index in [4.69, 9.17) is 9.15 Å². The van der Waals surface area contributed by atoms with Gasteiger partial charge in [-0.05, 0) is 56.7 Å². The highest BCUT2D eigenvalue weighted by Crippen LogP contribution is 2.24. The van der Waals surface area contributed by atoms with Gasteiger partial charge in [-0.15, -0.1) is 0 Å². The largest absolute Gasteiger partial charge is 0.494 e. The lowest BCUT2D eigenvalue weighted by atomic mass is 10.2. The summed E-state index contributed by atoms with van der Waals surface area (Å²) >= 11 is 0. The highest BCUT2D eigenvalue weighted by molar-refractivity contribution is 7.92. The fourth-order valence-electron chi connectivity index (χ4n) is 1.76. The van der Waals surface area contributed by atoms with E-state index in [1.807, 2.05) is 13.8 Å². The second-order valence-electron chi connectivity index (χ2n) is 4.38. The number of benzene rings is 1. The van der Waals surface area contributed by atoms with Gasteiger partial charge >= 0.3 is 0 Å². The van der Waals surface area contributed by atoms with E-state index in [-0.39, 0.29) is 5.09 Å². The van der Waals surface area contributed by atoms with Gasteiger partial charge in [-0.25, -0.2) is 0 Å². The van der Waals surface area contributed by atoms with E-state index in [0.29, 0.717) is 23.8 Å². The first-order valence-electron chi connectivity index (χ1n) is 6.25. The summed E-state index contributed by atoms with van der Waals surface area (Å²) in [4.78, 5) is 0. The van der Waals surface area contributed by atoms with Crippen LogP contribution in [-0.2, 0) is 10.0 Å². The summed E-state index contributed by atoms with van der Waals surface area (Å²) in [5.74, 6) is 1.26. The van der Waals surface area contributed by atoms with Crippen LogP contribution in [0.5, 0.6) is 5.75 Å². The molecule has 0 radical (unpaired) electrons. The summed E-state index contributed by atoms with van der Waals surface area (Å²) in [7, 11) is -3.70. The van der Waals surface area contributed by atoms with Crippen molar-refractivity contribution in [3.05, 3.63) is 41.7 Å². The van der Waals surface area contributed by atoms with Crippen LogP contribution in [0.1, 0.15) is 18.2 Å². The average molecular weight is 295 g/mol. The normalized spacial score (nSPS) is 11.3. The summed E-state index contributed by atoms with van der Waals surface area (Å²) in [6.07, 6.45) is 0. The Morgan fingerprint density at radius 3 is 2.50 bits per heavy atom. The van der Waals surface area contributed by atoms with Gasteiger partial charge in [-0.3, -0.25) is 4.72 Å². The molecule has 0 saturated heterocycles. The van der Waals surface area contributed by atoms with Gasteiger partial charge in [0, 0.05) is 0 Å². The molecule has 2 aromatic rings. The van der Waals surface area contributed by atoms with E-state index in [1.165, 1.54) is 6.07 Å². The molecule has 0 saturated carbocycles. The van der Waals surface area contributed by atoms with E-state index in [0.717, 1.165) is 5.56 Å². The Morgan fingerprint density at radius 2 is 1.95 bits per heavy atom. The zero-order valence-electron chi connectivity index (χ0n) is 11.6. The van der Waals surface area contributed by atoms with Gasteiger partial charge in [0.2, 0.25) is 5.09 Å². The van der Waals surface area contributed by atoms with Crippen LogP contribution in [0.4, 0.5) is 5.69 Å². The van der Waals surface area contributed by atoms with Crippen molar-refractivity contribution in [3.63, 3.8) is 0 Å².